The molecule has 1 aromatic carbocycles. The van der Waals surface area contributed by atoms with Crippen LogP contribution >= 0.6 is 0 Å². The van der Waals surface area contributed by atoms with E-state index in [1.54, 1.807) is 36.2 Å². The van der Waals surface area contributed by atoms with Crippen LogP contribution < -0.4 is 5.73 Å². The molecule has 1 amide bonds. The summed E-state index contributed by atoms with van der Waals surface area (Å²) in [6.07, 6.45) is 1.35. The van der Waals surface area contributed by atoms with E-state index in [9.17, 15) is 9.90 Å². The minimum atomic E-state index is -0.197. The smallest absolute Gasteiger partial charge is 0.289 e. The fraction of sp³-hybridized carbons (Fsp3) is 0.400. The van der Waals surface area contributed by atoms with Gasteiger partial charge in [-0.2, -0.15) is 0 Å². The summed E-state index contributed by atoms with van der Waals surface area (Å²) in [7, 11) is 1.76. The third kappa shape index (κ3) is 2.36. The quantitative estimate of drug-likeness (QED) is 0.837. The molecule has 20 heavy (non-hydrogen) atoms. The highest BCUT2D eigenvalue weighted by Crippen LogP contribution is 2.28. The first-order valence-corrected chi connectivity index (χ1v) is 6.75. The van der Waals surface area contributed by atoms with Crippen molar-refractivity contribution in [2.75, 3.05) is 19.3 Å². The lowest BCUT2D eigenvalue weighted by Gasteiger charge is -2.34. The number of aliphatic hydroxyl groups is 1. The monoisotopic (exact) mass is 274 g/mol. The van der Waals surface area contributed by atoms with Crippen LogP contribution in [-0.4, -0.2) is 35.6 Å². The minimum Gasteiger partial charge on any atom is -0.451 e. The average Bonchev–Trinajstić information content (AvgIpc) is 2.78. The largest absolute Gasteiger partial charge is 0.451 e. The zero-order valence-corrected chi connectivity index (χ0v) is 11.4. The maximum absolute atomic E-state index is 12.3. The maximum atomic E-state index is 12.3. The summed E-state index contributed by atoms with van der Waals surface area (Å²) in [4.78, 5) is 13.9. The van der Waals surface area contributed by atoms with E-state index in [2.05, 4.69) is 0 Å². The van der Waals surface area contributed by atoms with Crippen molar-refractivity contribution >= 4 is 22.6 Å². The van der Waals surface area contributed by atoms with Crippen molar-refractivity contribution in [3.8, 4) is 0 Å². The van der Waals surface area contributed by atoms with Crippen molar-refractivity contribution < 1.29 is 14.3 Å². The first-order chi connectivity index (χ1) is 9.52. The van der Waals surface area contributed by atoms with E-state index in [-0.39, 0.29) is 12.0 Å². The van der Waals surface area contributed by atoms with Crippen molar-refractivity contribution in [3.05, 3.63) is 30.0 Å². The van der Waals surface area contributed by atoms with Crippen molar-refractivity contribution in [3.63, 3.8) is 0 Å². The number of carbonyl (C=O) groups excluding carboxylic acids is 1. The van der Waals surface area contributed by atoms with Crippen LogP contribution in [0, 0.1) is 5.92 Å². The van der Waals surface area contributed by atoms with E-state index in [4.69, 9.17) is 10.2 Å². The van der Waals surface area contributed by atoms with Crippen molar-refractivity contribution in [1.82, 2.24) is 4.90 Å². The van der Waals surface area contributed by atoms with Crippen LogP contribution in [0.4, 0.5) is 5.69 Å². The molecule has 1 aromatic heterocycles. The number of nitrogen functional groups attached to an aromatic ring is 1. The summed E-state index contributed by atoms with van der Waals surface area (Å²) in [6.45, 7) is 0.648. The summed E-state index contributed by atoms with van der Waals surface area (Å²) in [5.74, 6) is 0.577. The fourth-order valence-electron chi connectivity index (χ4n) is 2.68. The topological polar surface area (TPSA) is 79.7 Å². The Morgan fingerprint density at radius 3 is 2.90 bits per heavy atom. The van der Waals surface area contributed by atoms with Gasteiger partial charge in [-0.3, -0.25) is 4.79 Å². The van der Waals surface area contributed by atoms with Gasteiger partial charge in [0, 0.05) is 24.7 Å². The molecule has 5 nitrogen and oxygen atoms in total. The molecule has 2 aromatic rings. The number of furan rings is 1. The third-order valence-electron chi connectivity index (χ3n) is 3.84. The van der Waals surface area contributed by atoms with Gasteiger partial charge in [0.15, 0.2) is 5.76 Å². The molecule has 0 unspecified atom stereocenters. The zero-order valence-electron chi connectivity index (χ0n) is 11.4. The molecule has 106 valence electrons. The number of nitrogens with two attached hydrogens (primary N) is 1. The number of aliphatic hydroxyl groups excluding tert-OH is 1. The first-order valence-electron chi connectivity index (χ1n) is 6.75. The molecule has 1 aliphatic rings. The molecular formula is C15H18N2O3. The second-order valence-corrected chi connectivity index (χ2v) is 5.58. The summed E-state index contributed by atoms with van der Waals surface area (Å²) < 4.78 is 5.56. The molecule has 0 atom stereocenters. The molecule has 1 saturated carbocycles. The lowest BCUT2D eigenvalue weighted by atomic mass is 9.82. The van der Waals surface area contributed by atoms with Crippen LogP contribution in [-0.2, 0) is 0 Å². The molecule has 0 aliphatic heterocycles. The Morgan fingerprint density at radius 2 is 2.20 bits per heavy atom. The predicted molar refractivity (Wildman–Crippen MR) is 76.3 cm³/mol. The Balaban J connectivity index is 1.74. The van der Waals surface area contributed by atoms with E-state index in [0.29, 0.717) is 29.5 Å². The highest BCUT2D eigenvalue weighted by molar-refractivity contribution is 5.96. The highest BCUT2D eigenvalue weighted by atomic mass is 16.3. The molecule has 0 saturated heterocycles. The Hall–Kier alpha value is -2.01. The summed E-state index contributed by atoms with van der Waals surface area (Å²) in [5, 5.41) is 10.1. The lowest BCUT2D eigenvalue weighted by molar-refractivity contribution is 0.0258. The summed E-state index contributed by atoms with van der Waals surface area (Å²) in [5.41, 5.74) is 7.02. The Labute approximate surface area is 117 Å². The van der Waals surface area contributed by atoms with Crippen LogP contribution in [0.15, 0.2) is 28.7 Å². The van der Waals surface area contributed by atoms with Gasteiger partial charge in [-0.15, -0.1) is 0 Å². The first kappa shape index (κ1) is 13.0. The van der Waals surface area contributed by atoms with Crippen LogP contribution in [0.2, 0.25) is 0 Å². The van der Waals surface area contributed by atoms with Gasteiger partial charge in [0.05, 0.1) is 6.10 Å². The second-order valence-electron chi connectivity index (χ2n) is 5.58. The molecule has 5 heteroatoms. The minimum absolute atomic E-state index is 0.138. The number of nitrogens with zero attached hydrogens (tertiary/aromatic N) is 1. The molecule has 3 rings (SSSR count). The number of fused-ring (bicyclic) bond motifs is 1. The summed E-state index contributed by atoms with van der Waals surface area (Å²) in [6, 6.07) is 7.03. The van der Waals surface area contributed by atoms with Gasteiger partial charge in [-0.05, 0) is 43.0 Å². The Kier molecular flexibility index (Phi) is 3.14. The molecule has 1 aliphatic carbocycles. The zero-order chi connectivity index (χ0) is 14.3. The Morgan fingerprint density at radius 1 is 1.45 bits per heavy atom. The Bertz CT molecular complexity index is 644. The number of carbonyl (C=O) groups is 1. The summed E-state index contributed by atoms with van der Waals surface area (Å²) >= 11 is 0. The molecule has 1 heterocycles. The van der Waals surface area contributed by atoms with Crippen molar-refractivity contribution in [2.45, 2.75) is 18.9 Å². The van der Waals surface area contributed by atoms with Crippen LogP contribution in [0.3, 0.4) is 0 Å². The van der Waals surface area contributed by atoms with Gasteiger partial charge >= 0.3 is 0 Å². The van der Waals surface area contributed by atoms with Gasteiger partial charge in [-0.1, -0.05) is 0 Å². The number of rotatable bonds is 3. The molecule has 1 fully saturated rings. The van der Waals surface area contributed by atoms with Gasteiger partial charge in [-0.25, -0.2) is 0 Å². The van der Waals surface area contributed by atoms with E-state index in [1.807, 2.05) is 0 Å². The van der Waals surface area contributed by atoms with Crippen LogP contribution in [0.5, 0.6) is 0 Å². The number of anilines is 1. The SMILES string of the molecule is CN(CC1CC(O)C1)C(=O)c1cc2cc(N)ccc2o1. The number of hydrogen-bond acceptors (Lipinski definition) is 4. The van der Waals surface area contributed by atoms with Crippen LogP contribution in [0.25, 0.3) is 11.0 Å². The number of hydrogen-bond donors (Lipinski definition) is 2. The maximum Gasteiger partial charge on any atom is 0.289 e. The van der Waals surface area contributed by atoms with Crippen molar-refractivity contribution in [2.24, 2.45) is 5.92 Å². The highest BCUT2D eigenvalue weighted by Gasteiger charge is 2.29. The molecule has 3 N–H and O–H groups in total. The van der Waals surface area contributed by atoms with Crippen molar-refractivity contribution in [1.29, 1.82) is 0 Å². The van der Waals surface area contributed by atoms with E-state index < -0.39 is 0 Å². The van der Waals surface area contributed by atoms with Crippen LogP contribution in [0.1, 0.15) is 23.4 Å². The van der Waals surface area contributed by atoms with E-state index in [1.165, 1.54) is 0 Å². The lowest BCUT2D eigenvalue weighted by Crippen LogP contribution is -2.39. The normalized spacial score (nSPS) is 21.7. The molecule has 0 radical (unpaired) electrons. The number of benzene rings is 1. The molecule has 0 bridgehead atoms. The molecular weight excluding hydrogens is 256 g/mol. The fourth-order valence-corrected chi connectivity index (χ4v) is 2.68. The second kappa shape index (κ2) is 4.83. The predicted octanol–water partition coefficient (Wildman–Crippen LogP) is 1.86. The van der Waals surface area contributed by atoms with E-state index >= 15 is 0 Å². The van der Waals surface area contributed by atoms with Gasteiger partial charge in [0.2, 0.25) is 0 Å². The molecule has 0 spiro atoms. The van der Waals surface area contributed by atoms with Gasteiger partial charge in [0.25, 0.3) is 5.91 Å². The third-order valence-corrected chi connectivity index (χ3v) is 3.84. The van der Waals surface area contributed by atoms with Gasteiger partial charge in [0.1, 0.15) is 5.58 Å². The van der Waals surface area contributed by atoms with Gasteiger partial charge < -0.3 is 20.2 Å². The van der Waals surface area contributed by atoms with E-state index in [0.717, 1.165) is 18.2 Å². The standard InChI is InChI=1S/C15H18N2O3/c1-17(8-9-4-12(18)5-9)15(19)14-7-10-6-11(16)2-3-13(10)20-14/h2-3,6-7,9,12,18H,4-5,8,16H2,1H3. The number of amides is 1. The average molecular weight is 274 g/mol.